The van der Waals surface area contributed by atoms with Crippen LogP contribution in [0.25, 0.3) is 17.2 Å². The van der Waals surface area contributed by atoms with Gasteiger partial charge in [-0.3, -0.25) is 9.78 Å². The molecule has 3 heteroatoms. The Kier molecular flexibility index (Phi) is 3.01. The van der Waals surface area contributed by atoms with Gasteiger partial charge in [-0.1, -0.05) is 36.9 Å². The lowest BCUT2D eigenvalue weighted by Gasteiger charge is -2.08. The van der Waals surface area contributed by atoms with Crippen LogP contribution < -0.4 is 5.73 Å². The molecule has 0 spiro atoms. The first-order chi connectivity index (χ1) is 8.24. The van der Waals surface area contributed by atoms with Crippen LogP contribution in [0, 0.1) is 0 Å². The summed E-state index contributed by atoms with van der Waals surface area (Å²) in [6, 6.07) is 11.4. The standard InChI is InChI=1S/C14H12N2O/c1-2-12-13(14(15)17)11(8-9-16-12)10-6-4-3-5-7-10/h2-9H,1H2,(H2,15,17). The predicted octanol–water partition coefficient (Wildman–Crippen LogP) is 2.49. The molecular formula is C14H12N2O. The summed E-state index contributed by atoms with van der Waals surface area (Å²) in [6.07, 6.45) is 3.18. The van der Waals surface area contributed by atoms with Crippen molar-refractivity contribution in [3.63, 3.8) is 0 Å². The molecule has 0 atom stereocenters. The van der Waals surface area contributed by atoms with E-state index in [1.807, 2.05) is 30.3 Å². The van der Waals surface area contributed by atoms with Gasteiger partial charge in [0.05, 0.1) is 11.3 Å². The van der Waals surface area contributed by atoms with Gasteiger partial charge >= 0.3 is 0 Å². The normalized spacial score (nSPS) is 9.88. The molecule has 2 rings (SSSR count). The molecule has 84 valence electrons. The van der Waals surface area contributed by atoms with Gasteiger partial charge in [0.2, 0.25) is 0 Å². The molecule has 0 unspecified atom stereocenters. The van der Waals surface area contributed by atoms with Crippen molar-refractivity contribution in [1.82, 2.24) is 4.98 Å². The quantitative estimate of drug-likeness (QED) is 0.870. The third-order valence-corrected chi connectivity index (χ3v) is 2.50. The lowest BCUT2D eigenvalue weighted by molar-refractivity contribution is 0.100. The van der Waals surface area contributed by atoms with Crippen molar-refractivity contribution in [3.8, 4) is 11.1 Å². The molecule has 0 radical (unpaired) electrons. The molecule has 2 aromatic rings. The highest BCUT2D eigenvalue weighted by atomic mass is 16.1. The van der Waals surface area contributed by atoms with Gasteiger partial charge in [-0.25, -0.2) is 0 Å². The number of amides is 1. The van der Waals surface area contributed by atoms with Crippen LogP contribution in [0.2, 0.25) is 0 Å². The smallest absolute Gasteiger partial charge is 0.251 e. The lowest BCUT2D eigenvalue weighted by Crippen LogP contribution is -2.15. The maximum Gasteiger partial charge on any atom is 0.251 e. The zero-order chi connectivity index (χ0) is 12.3. The summed E-state index contributed by atoms with van der Waals surface area (Å²) < 4.78 is 0. The highest BCUT2D eigenvalue weighted by Gasteiger charge is 2.13. The second kappa shape index (κ2) is 4.61. The summed E-state index contributed by atoms with van der Waals surface area (Å²) in [6.45, 7) is 3.64. The highest BCUT2D eigenvalue weighted by Crippen LogP contribution is 2.25. The number of hydrogen-bond acceptors (Lipinski definition) is 2. The first kappa shape index (κ1) is 11.1. The summed E-state index contributed by atoms with van der Waals surface area (Å²) in [4.78, 5) is 15.6. The Morgan fingerprint density at radius 2 is 1.94 bits per heavy atom. The highest BCUT2D eigenvalue weighted by molar-refractivity contribution is 6.02. The second-order valence-electron chi connectivity index (χ2n) is 3.55. The van der Waals surface area contributed by atoms with Gasteiger partial charge < -0.3 is 5.73 Å². The van der Waals surface area contributed by atoms with Crippen LogP contribution in [0.1, 0.15) is 16.1 Å². The van der Waals surface area contributed by atoms with Crippen LogP contribution in [0.5, 0.6) is 0 Å². The Bertz CT molecular complexity index is 562. The lowest BCUT2D eigenvalue weighted by atomic mass is 9.98. The summed E-state index contributed by atoms with van der Waals surface area (Å²) in [5.74, 6) is -0.494. The SMILES string of the molecule is C=Cc1nccc(-c2ccccc2)c1C(N)=O. The molecule has 1 heterocycles. The average molecular weight is 224 g/mol. The number of carbonyl (C=O) groups is 1. The Balaban J connectivity index is 2.70. The molecule has 3 nitrogen and oxygen atoms in total. The minimum Gasteiger partial charge on any atom is -0.366 e. The number of primary amides is 1. The molecule has 17 heavy (non-hydrogen) atoms. The van der Waals surface area contributed by atoms with Crippen LogP contribution in [0.4, 0.5) is 0 Å². The maximum atomic E-state index is 11.5. The Morgan fingerprint density at radius 1 is 1.24 bits per heavy atom. The van der Waals surface area contributed by atoms with E-state index < -0.39 is 5.91 Å². The number of carbonyl (C=O) groups excluding carboxylic acids is 1. The molecule has 0 bridgehead atoms. The molecule has 0 saturated heterocycles. The van der Waals surface area contributed by atoms with E-state index in [0.717, 1.165) is 11.1 Å². The van der Waals surface area contributed by atoms with Crippen LogP contribution in [0.3, 0.4) is 0 Å². The van der Waals surface area contributed by atoms with Crippen molar-refractivity contribution in [2.75, 3.05) is 0 Å². The number of benzene rings is 1. The maximum absolute atomic E-state index is 11.5. The van der Waals surface area contributed by atoms with Gasteiger partial charge in [-0.15, -0.1) is 0 Å². The second-order valence-corrected chi connectivity index (χ2v) is 3.55. The number of rotatable bonds is 3. The van der Waals surface area contributed by atoms with E-state index in [1.165, 1.54) is 6.08 Å². The Labute approximate surface area is 99.6 Å². The van der Waals surface area contributed by atoms with E-state index >= 15 is 0 Å². The molecule has 0 aliphatic heterocycles. The molecule has 1 amide bonds. The molecule has 1 aromatic carbocycles. The Hall–Kier alpha value is -2.42. The fourth-order valence-electron chi connectivity index (χ4n) is 1.75. The number of pyridine rings is 1. The van der Waals surface area contributed by atoms with E-state index in [0.29, 0.717) is 11.3 Å². The third-order valence-electron chi connectivity index (χ3n) is 2.50. The minimum absolute atomic E-state index is 0.411. The van der Waals surface area contributed by atoms with Gasteiger partial charge in [0.25, 0.3) is 5.91 Å². The van der Waals surface area contributed by atoms with Crippen molar-refractivity contribution in [2.45, 2.75) is 0 Å². The Morgan fingerprint density at radius 3 is 2.53 bits per heavy atom. The van der Waals surface area contributed by atoms with E-state index in [4.69, 9.17) is 5.73 Å². The van der Waals surface area contributed by atoms with E-state index in [2.05, 4.69) is 11.6 Å². The van der Waals surface area contributed by atoms with Gasteiger partial charge in [0.15, 0.2) is 0 Å². The molecule has 1 aromatic heterocycles. The molecule has 2 N–H and O–H groups in total. The van der Waals surface area contributed by atoms with Crippen molar-refractivity contribution >= 4 is 12.0 Å². The van der Waals surface area contributed by atoms with Crippen LogP contribution in [-0.4, -0.2) is 10.9 Å². The number of hydrogen-bond donors (Lipinski definition) is 1. The van der Waals surface area contributed by atoms with Crippen molar-refractivity contribution < 1.29 is 4.79 Å². The fraction of sp³-hybridized carbons (Fsp3) is 0. The predicted molar refractivity (Wildman–Crippen MR) is 68.3 cm³/mol. The van der Waals surface area contributed by atoms with Crippen LogP contribution >= 0.6 is 0 Å². The summed E-state index contributed by atoms with van der Waals surface area (Å²) in [5.41, 5.74) is 8.04. The zero-order valence-electron chi connectivity index (χ0n) is 9.26. The summed E-state index contributed by atoms with van der Waals surface area (Å²) in [5, 5.41) is 0. The van der Waals surface area contributed by atoms with Gasteiger partial charge in [-0.05, 0) is 23.3 Å². The molecule has 0 aliphatic carbocycles. The fourth-order valence-corrected chi connectivity index (χ4v) is 1.75. The molecule has 0 aliphatic rings. The average Bonchev–Trinajstić information content (AvgIpc) is 2.38. The van der Waals surface area contributed by atoms with Gasteiger partial charge in [0.1, 0.15) is 0 Å². The van der Waals surface area contributed by atoms with Crippen molar-refractivity contribution in [2.24, 2.45) is 5.73 Å². The zero-order valence-corrected chi connectivity index (χ0v) is 9.26. The van der Waals surface area contributed by atoms with Crippen LogP contribution in [0.15, 0.2) is 49.2 Å². The first-order valence-corrected chi connectivity index (χ1v) is 5.20. The monoisotopic (exact) mass is 224 g/mol. The van der Waals surface area contributed by atoms with Crippen molar-refractivity contribution in [1.29, 1.82) is 0 Å². The van der Waals surface area contributed by atoms with E-state index in [9.17, 15) is 4.79 Å². The molecular weight excluding hydrogens is 212 g/mol. The third kappa shape index (κ3) is 2.08. The minimum atomic E-state index is -0.494. The number of nitrogens with zero attached hydrogens (tertiary/aromatic N) is 1. The largest absolute Gasteiger partial charge is 0.366 e. The van der Waals surface area contributed by atoms with Crippen LogP contribution in [-0.2, 0) is 0 Å². The molecule has 0 fully saturated rings. The summed E-state index contributed by atoms with van der Waals surface area (Å²) in [7, 11) is 0. The number of nitrogens with two attached hydrogens (primary N) is 1. The van der Waals surface area contributed by atoms with E-state index in [-0.39, 0.29) is 0 Å². The van der Waals surface area contributed by atoms with E-state index in [1.54, 1.807) is 12.3 Å². The number of aromatic nitrogens is 1. The topological polar surface area (TPSA) is 56.0 Å². The summed E-state index contributed by atoms with van der Waals surface area (Å²) >= 11 is 0. The van der Waals surface area contributed by atoms with Gasteiger partial charge in [0, 0.05) is 6.20 Å². The van der Waals surface area contributed by atoms with Gasteiger partial charge in [-0.2, -0.15) is 0 Å². The van der Waals surface area contributed by atoms with Crippen molar-refractivity contribution in [3.05, 3.63) is 60.4 Å². The molecule has 0 saturated carbocycles. The first-order valence-electron chi connectivity index (χ1n) is 5.20.